The monoisotopic (exact) mass is 355 g/mol. The quantitative estimate of drug-likeness (QED) is 0.734. The topological polar surface area (TPSA) is 91.9 Å². The van der Waals surface area contributed by atoms with Crippen LogP contribution in [0.25, 0.3) is 11.0 Å². The molecule has 26 heavy (non-hydrogen) atoms. The molecule has 0 amide bonds. The Bertz CT molecular complexity index is 962. The highest BCUT2D eigenvalue weighted by atomic mass is 16.5. The number of nitrogens with zero attached hydrogens (tertiary/aromatic N) is 4. The fourth-order valence-electron chi connectivity index (χ4n) is 3.92. The molecule has 1 aliphatic carbocycles. The molecule has 1 saturated carbocycles. The fourth-order valence-corrected chi connectivity index (χ4v) is 3.92. The van der Waals surface area contributed by atoms with Gasteiger partial charge in [-0.3, -0.25) is 9.13 Å². The third-order valence-electron chi connectivity index (χ3n) is 5.33. The van der Waals surface area contributed by atoms with E-state index in [0.29, 0.717) is 31.2 Å². The maximum Gasteiger partial charge on any atom is 0.329 e. The van der Waals surface area contributed by atoms with Crippen molar-refractivity contribution >= 4 is 11.0 Å². The number of benzene rings is 1. The van der Waals surface area contributed by atoms with Crippen LogP contribution in [0.5, 0.6) is 0 Å². The Morgan fingerprint density at radius 2 is 1.81 bits per heavy atom. The number of fused-ring (bicyclic) bond motifs is 1. The minimum absolute atomic E-state index is 0.0128. The molecule has 1 aliphatic rings. The summed E-state index contributed by atoms with van der Waals surface area (Å²) in [5.74, 6) is 1.14. The van der Waals surface area contributed by atoms with Gasteiger partial charge in [-0.25, -0.2) is 4.79 Å². The van der Waals surface area contributed by atoms with E-state index >= 15 is 0 Å². The predicted molar refractivity (Wildman–Crippen MR) is 98.8 cm³/mol. The average Bonchev–Trinajstić information content (AvgIpc) is 3.35. The summed E-state index contributed by atoms with van der Waals surface area (Å²) in [6.07, 6.45) is 5.44. The van der Waals surface area contributed by atoms with E-state index in [0.717, 1.165) is 43.1 Å². The molecule has 0 aliphatic heterocycles. The highest BCUT2D eigenvalue weighted by Crippen LogP contribution is 2.34. The van der Waals surface area contributed by atoms with E-state index in [9.17, 15) is 4.79 Å². The van der Waals surface area contributed by atoms with Crippen molar-refractivity contribution < 1.29 is 4.52 Å². The van der Waals surface area contributed by atoms with E-state index < -0.39 is 5.54 Å². The molecule has 7 nitrogen and oxygen atoms in total. The minimum Gasteiger partial charge on any atom is -0.339 e. The van der Waals surface area contributed by atoms with Crippen LogP contribution in [-0.4, -0.2) is 19.3 Å². The van der Waals surface area contributed by atoms with Crippen molar-refractivity contribution in [2.75, 3.05) is 0 Å². The van der Waals surface area contributed by atoms with Crippen LogP contribution in [0.2, 0.25) is 0 Å². The first-order valence-corrected chi connectivity index (χ1v) is 9.42. The first kappa shape index (κ1) is 17.0. The van der Waals surface area contributed by atoms with Crippen LogP contribution in [0.15, 0.2) is 33.6 Å². The second kappa shape index (κ2) is 6.72. The lowest BCUT2D eigenvalue weighted by atomic mass is 9.99. The van der Waals surface area contributed by atoms with Crippen LogP contribution in [-0.2, 0) is 25.0 Å². The van der Waals surface area contributed by atoms with Crippen LogP contribution in [0.4, 0.5) is 0 Å². The molecule has 0 saturated heterocycles. The Morgan fingerprint density at radius 3 is 2.46 bits per heavy atom. The van der Waals surface area contributed by atoms with Crippen LogP contribution in [0, 0.1) is 0 Å². The number of aromatic nitrogens is 4. The van der Waals surface area contributed by atoms with Gasteiger partial charge in [0, 0.05) is 19.5 Å². The molecule has 7 heteroatoms. The van der Waals surface area contributed by atoms with Crippen LogP contribution in [0.3, 0.4) is 0 Å². The first-order chi connectivity index (χ1) is 12.6. The Labute approximate surface area is 151 Å². The smallest absolute Gasteiger partial charge is 0.329 e. The van der Waals surface area contributed by atoms with Gasteiger partial charge in [-0.2, -0.15) is 4.98 Å². The Balaban J connectivity index is 1.58. The summed E-state index contributed by atoms with van der Waals surface area (Å²) >= 11 is 0. The highest BCUT2D eigenvalue weighted by molar-refractivity contribution is 5.75. The van der Waals surface area contributed by atoms with Gasteiger partial charge in [0.2, 0.25) is 5.89 Å². The van der Waals surface area contributed by atoms with Gasteiger partial charge in [-0.05, 0) is 31.4 Å². The highest BCUT2D eigenvalue weighted by Gasteiger charge is 2.35. The summed E-state index contributed by atoms with van der Waals surface area (Å²) < 4.78 is 9.04. The van der Waals surface area contributed by atoms with Crippen molar-refractivity contribution in [2.24, 2.45) is 5.73 Å². The molecule has 138 valence electrons. The largest absolute Gasteiger partial charge is 0.339 e. The molecule has 0 bridgehead atoms. The molecule has 1 fully saturated rings. The maximum atomic E-state index is 12.8. The van der Waals surface area contributed by atoms with Gasteiger partial charge >= 0.3 is 5.69 Å². The zero-order valence-corrected chi connectivity index (χ0v) is 15.1. The molecule has 2 heterocycles. The summed E-state index contributed by atoms with van der Waals surface area (Å²) in [4.78, 5) is 17.3. The van der Waals surface area contributed by atoms with Crippen LogP contribution in [0.1, 0.15) is 50.7 Å². The lowest BCUT2D eigenvalue weighted by Crippen LogP contribution is -2.34. The van der Waals surface area contributed by atoms with Crippen molar-refractivity contribution in [3.05, 3.63) is 46.5 Å². The first-order valence-electron chi connectivity index (χ1n) is 9.42. The third kappa shape index (κ3) is 2.86. The molecule has 0 spiro atoms. The number of para-hydroxylation sites is 2. The second-order valence-corrected chi connectivity index (χ2v) is 7.20. The molecular formula is C19H25N5O2. The molecule has 2 N–H and O–H groups in total. The maximum absolute atomic E-state index is 12.8. The predicted octanol–water partition coefficient (Wildman–Crippen LogP) is 2.57. The van der Waals surface area contributed by atoms with E-state index in [1.807, 2.05) is 28.8 Å². The van der Waals surface area contributed by atoms with Crippen molar-refractivity contribution in [2.45, 2.75) is 64.1 Å². The van der Waals surface area contributed by atoms with Crippen LogP contribution < -0.4 is 11.4 Å². The van der Waals surface area contributed by atoms with E-state index in [1.165, 1.54) is 0 Å². The van der Waals surface area contributed by atoms with Gasteiger partial charge in [0.15, 0.2) is 5.82 Å². The van der Waals surface area contributed by atoms with Gasteiger partial charge < -0.3 is 10.3 Å². The number of hydrogen-bond acceptors (Lipinski definition) is 5. The van der Waals surface area contributed by atoms with Crippen molar-refractivity contribution in [3.63, 3.8) is 0 Å². The van der Waals surface area contributed by atoms with Crippen molar-refractivity contribution in [1.29, 1.82) is 0 Å². The van der Waals surface area contributed by atoms with Gasteiger partial charge in [0.1, 0.15) is 0 Å². The Hall–Kier alpha value is -2.41. The molecule has 0 unspecified atom stereocenters. The van der Waals surface area contributed by atoms with Gasteiger partial charge in [-0.1, -0.05) is 37.1 Å². The zero-order chi connectivity index (χ0) is 18.1. The average molecular weight is 355 g/mol. The molecular weight excluding hydrogens is 330 g/mol. The zero-order valence-electron chi connectivity index (χ0n) is 15.1. The van der Waals surface area contributed by atoms with E-state index in [1.54, 1.807) is 4.57 Å². The van der Waals surface area contributed by atoms with E-state index in [2.05, 4.69) is 17.1 Å². The molecule has 0 atom stereocenters. The number of aryl methyl sites for hydroxylation is 3. The number of nitrogens with two attached hydrogens (primary N) is 1. The van der Waals surface area contributed by atoms with Crippen LogP contribution >= 0.6 is 0 Å². The summed E-state index contributed by atoms with van der Waals surface area (Å²) in [6.45, 7) is 3.30. The molecule has 4 rings (SSSR count). The van der Waals surface area contributed by atoms with Gasteiger partial charge in [0.25, 0.3) is 0 Å². The molecule has 0 radical (unpaired) electrons. The lowest BCUT2D eigenvalue weighted by molar-refractivity contribution is 0.345. The van der Waals surface area contributed by atoms with Gasteiger partial charge in [0.05, 0.1) is 16.6 Å². The number of rotatable bonds is 6. The lowest BCUT2D eigenvalue weighted by Gasteiger charge is -2.17. The van der Waals surface area contributed by atoms with Crippen molar-refractivity contribution in [3.8, 4) is 0 Å². The fraction of sp³-hybridized carbons (Fsp3) is 0.526. The minimum atomic E-state index is -0.449. The summed E-state index contributed by atoms with van der Waals surface area (Å²) in [6, 6.07) is 7.89. The SMILES string of the molecule is CCCn1c(=O)n(CCc2nc(C3(N)CCCC3)no2)c2ccccc21. The van der Waals surface area contributed by atoms with E-state index in [4.69, 9.17) is 10.3 Å². The Morgan fingerprint density at radius 1 is 1.15 bits per heavy atom. The van der Waals surface area contributed by atoms with Crippen molar-refractivity contribution in [1.82, 2.24) is 19.3 Å². The van der Waals surface area contributed by atoms with E-state index in [-0.39, 0.29) is 5.69 Å². The number of hydrogen-bond donors (Lipinski definition) is 1. The second-order valence-electron chi connectivity index (χ2n) is 7.20. The normalized spacial score (nSPS) is 16.5. The number of imidazole rings is 1. The molecule has 2 aromatic heterocycles. The summed E-state index contributed by atoms with van der Waals surface area (Å²) in [5, 5.41) is 4.10. The summed E-state index contributed by atoms with van der Waals surface area (Å²) in [7, 11) is 0. The van der Waals surface area contributed by atoms with Gasteiger partial charge in [-0.15, -0.1) is 0 Å². The molecule has 1 aromatic carbocycles. The Kier molecular flexibility index (Phi) is 4.40. The molecule has 3 aromatic rings. The summed E-state index contributed by atoms with van der Waals surface area (Å²) in [5.41, 5.74) is 7.87. The third-order valence-corrected chi connectivity index (χ3v) is 5.33. The standard InChI is InChI=1S/C19H25N5O2/c1-2-12-23-14-7-3-4-8-15(14)24(18(23)25)13-9-16-21-17(22-26-16)19(20)10-5-6-11-19/h3-4,7-8H,2,5-6,9-13,20H2,1H3.